The predicted octanol–water partition coefficient (Wildman–Crippen LogP) is 3.14. The Morgan fingerprint density at radius 2 is 2.09 bits per heavy atom. The molecule has 2 fully saturated rings. The summed E-state index contributed by atoms with van der Waals surface area (Å²) in [5.41, 5.74) is 0.906. The first-order valence-electron chi connectivity index (χ1n) is 8.34. The molecule has 1 saturated carbocycles. The van der Waals surface area contributed by atoms with Gasteiger partial charge in [-0.3, -0.25) is 9.88 Å². The van der Waals surface area contributed by atoms with Crippen molar-refractivity contribution in [2.75, 3.05) is 13.1 Å². The van der Waals surface area contributed by atoms with E-state index in [1.165, 1.54) is 38.6 Å². The van der Waals surface area contributed by atoms with E-state index in [1.807, 2.05) is 12.1 Å². The van der Waals surface area contributed by atoms with Crippen LogP contribution in [0.1, 0.15) is 38.0 Å². The lowest BCUT2D eigenvalue weighted by Gasteiger charge is -2.40. The van der Waals surface area contributed by atoms with Crippen LogP contribution in [0, 0.1) is 11.8 Å². The van der Waals surface area contributed by atoms with Crippen LogP contribution in [-0.4, -0.2) is 33.1 Å². The maximum atomic E-state index is 5.43. The van der Waals surface area contributed by atoms with Crippen molar-refractivity contribution in [3.05, 3.63) is 30.4 Å². The van der Waals surface area contributed by atoms with Gasteiger partial charge in [0.05, 0.1) is 6.54 Å². The molecule has 2 atom stereocenters. The number of fused-ring (bicyclic) bond motifs is 1. The third-order valence-electron chi connectivity index (χ3n) is 5.12. The lowest BCUT2D eigenvalue weighted by atomic mass is 9.75. The number of rotatable bonds is 3. The van der Waals surface area contributed by atoms with E-state index in [9.17, 15) is 0 Å². The van der Waals surface area contributed by atoms with E-state index in [0.29, 0.717) is 11.7 Å². The first-order valence-corrected chi connectivity index (χ1v) is 8.34. The van der Waals surface area contributed by atoms with Crippen molar-refractivity contribution in [2.24, 2.45) is 11.8 Å². The Morgan fingerprint density at radius 3 is 2.95 bits per heavy atom. The molecule has 1 saturated heterocycles. The molecule has 2 aromatic rings. The summed E-state index contributed by atoms with van der Waals surface area (Å²) in [4.78, 5) is 11.1. The molecule has 0 bridgehead atoms. The number of aromatic nitrogens is 3. The van der Waals surface area contributed by atoms with Gasteiger partial charge >= 0.3 is 0 Å². The molecule has 1 aliphatic heterocycles. The highest BCUT2D eigenvalue weighted by atomic mass is 16.5. The fraction of sp³-hybridized carbons (Fsp3) is 0.588. The van der Waals surface area contributed by atoms with Crippen molar-refractivity contribution >= 4 is 0 Å². The summed E-state index contributed by atoms with van der Waals surface area (Å²) in [5, 5.41) is 4.08. The molecule has 0 radical (unpaired) electrons. The van der Waals surface area contributed by atoms with Gasteiger partial charge in [0.25, 0.3) is 0 Å². The summed E-state index contributed by atoms with van der Waals surface area (Å²) in [6, 6.07) is 3.84. The Labute approximate surface area is 130 Å². The van der Waals surface area contributed by atoms with E-state index in [0.717, 1.165) is 30.5 Å². The highest BCUT2D eigenvalue weighted by molar-refractivity contribution is 5.51. The zero-order valence-electron chi connectivity index (χ0n) is 12.8. The van der Waals surface area contributed by atoms with Gasteiger partial charge in [0.15, 0.2) is 0 Å². The molecular formula is C17H22N4O. The third kappa shape index (κ3) is 2.90. The molecule has 2 aromatic heterocycles. The zero-order chi connectivity index (χ0) is 14.8. The van der Waals surface area contributed by atoms with Crippen LogP contribution in [0.2, 0.25) is 0 Å². The van der Waals surface area contributed by atoms with Gasteiger partial charge in [-0.05, 0) is 43.4 Å². The Balaban J connectivity index is 1.40. The van der Waals surface area contributed by atoms with E-state index in [1.54, 1.807) is 12.4 Å². The highest BCUT2D eigenvalue weighted by Crippen LogP contribution is 2.36. The Bertz CT molecular complexity index is 612. The van der Waals surface area contributed by atoms with Gasteiger partial charge in [-0.1, -0.05) is 24.4 Å². The molecule has 0 spiro atoms. The Morgan fingerprint density at radius 1 is 1.18 bits per heavy atom. The molecule has 3 heterocycles. The van der Waals surface area contributed by atoms with Crippen molar-refractivity contribution in [3.63, 3.8) is 0 Å². The maximum Gasteiger partial charge on any atom is 0.241 e. The Hall–Kier alpha value is -1.75. The Kier molecular flexibility index (Phi) is 3.89. The van der Waals surface area contributed by atoms with Crippen molar-refractivity contribution in [1.29, 1.82) is 0 Å². The van der Waals surface area contributed by atoms with Gasteiger partial charge < -0.3 is 4.52 Å². The normalized spacial score (nSPS) is 25.8. The topological polar surface area (TPSA) is 55.1 Å². The van der Waals surface area contributed by atoms with E-state index in [4.69, 9.17) is 4.52 Å². The minimum atomic E-state index is 0.635. The maximum absolute atomic E-state index is 5.43. The molecule has 22 heavy (non-hydrogen) atoms. The molecule has 0 unspecified atom stereocenters. The van der Waals surface area contributed by atoms with Crippen LogP contribution in [0.15, 0.2) is 29.0 Å². The van der Waals surface area contributed by atoms with Crippen LogP contribution >= 0.6 is 0 Å². The third-order valence-corrected chi connectivity index (χ3v) is 5.12. The van der Waals surface area contributed by atoms with Gasteiger partial charge in [-0.2, -0.15) is 4.98 Å². The van der Waals surface area contributed by atoms with Crippen LogP contribution in [0.5, 0.6) is 0 Å². The van der Waals surface area contributed by atoms with Crippen molar-refractivity contribution in [3.8, 4) is 11.4 Å². The second-order valence-electron chi connectivity index (χ2n) is 6.58. The number of hydrogen-bond donors (Lipinski definition) is 0. The van der Waals surface area contributed by atoms with E-state index in [-0.39, 0.29) is 0 Å². The molecule has 0 aromatic carbocycles. The summed E-state index contributed by atoms with van der Waals surface area (Å²) in [6.07, 6.45) is 10.5. The largest absolute Gasteiger partial charge is 0.338 e. The van der Waals surface area contributed by atoms with Crippen LogP contribution in [0.3, 0.4) is 0 Å². The molecule has 0 amide bonds. The zero-order valence-corrected chi connectivity index (χ0v) is 12.8. The minimum Gasteiger partial charge on any atom is -0.338 e. The second-order valence-corrected chi connectivity index (χ2v) is 6.58. The number of piperidine rings is 1. The lowest BCUT2D eigenvalue weighted by Crippen LogP contribution is -2.41. The van der Waals surface area contributed by atoms with Gasteiger partial charge in [0, 0.05) is 24.5 Å². The monoisotopic (exact) mass is 298 g/mol. The van der Waals surface area contributed by atoms with Gasteiger partial charge in [-0.15, -0.1) is 0 Å². The highest BCUT2D eigenvalue weighted by Gasteiger charge is 2.31. The first-order chi connectivity index (χ1) is 10.9. The number of likely N-dealkylation sites (tertiary alicyclic amines) is 1. The van der Waals surface area contributed by atoms with Gasteiger partial charge in [0.2, 0.25) is 11.7 Å². The van der Waals surface area contributed by atoms with Crippen molar-refractivity contribution in [1.82, 2.24) is 20.0 Å². The summed E-state index contributed by atoms with van der Waals surface area (Å²) >= 11 is 0. The molecule has 2 aliphatic rings. The second kappa shape index (κ2) is 6.16. The van der Waals surface area contributed by atoms with E-state index in [2.05, 4.69) is 20.0 Å². The standard InChI is InChI=1S/C17H22N4O/c1-2-5-15-11-21(9-7-13(15)4-1)12-16-19-17(20-22-16)14-6-3-8-18-10-14/h3,6,8,10,13,15H,1-2,4-5,7,9,11-12H2/t13-,15-/m1/s1. The summed E-state index contributed by atoms with van der Waals surface area (Å²) in [7, 11) is 0. The first kappa shape index (κ1) is 13.9. The minimum absolute atomic E-state index is 0.635. The van der Waals surface area contributed by atoms with E-state index >= 15 is 0 Å². The summed E-state index contributed by atoms with van der Waals surface area (Å²) < 4.78 is 5.43. The fourth-order valence-electron chi connectivity index (χ4n) is 3.94. The van der Waals surface area contributed by atoms with Crippen LogP contribution in [0.4, 0.5) is 0 Å². The summed E-state index contributed by atoms with van der Waals surface area (Å²) in [6.45, 7) is 3.12. The predicted molar refractivity (Wildman–Crippen MR) is 82.9 cm³/mol. The molecule has 116 valence electrons. The van der Waals surface area contributed by atoms with Gasteiger partial charge in [-0.25, -0.2) is 0 Å². The molecular weight excluding hydrogens is 276 g/mol. The smallest absolute Gasteiger partial charge is 0.241 e. The number of hydrogen-bond acceptors (Lipinski definition) is 5. The quantitative estimate of drug-likeness (QED) is 0.871. The summed E-state index contributed by atoms with van der Waals surface area (Å²) in [5.74, 6) is 3.19. The lowest BCUT2D eigenvalue weighted by molar-refractivity contribution is 0.0747. The van der Waals surface area contributed by atoms with Crippen LogP contribution in [0.25, 0.3) is 11.4 Å². The average molecular weight is 298 g/mol. The van der Waals surface area contributed by atoms with E-state index < -0.39 is 0 Å². The van der Waals surface area contributed by atoms with Gasteiger partial charge in [0.1, 0.15) is 0 Å². The van der Waals surface area contributed by atoms with Crippen LogP contribution < -0.4 is 0 Å². The molecule has 4 rings (SSSR count). The van der Waals surface area contributed by atoms with Crippen molar-refractivity contribution in [2.45, 2.75) is 38.6 Å². The molecule has 0 N–H and O–H groups in total. The number of nitrogens with zero attached hydrogens (tertiary/aromatic N) is 4. The van der Waals surface area contributed by atoms with Crippen molar-refractivity contribution < 1.29 is 4.52 Å². The fourth-order valence-corrected chi connectivity index (χ4v) is 3.94. The molecule has 5 heteroatoms. The van der Waals surface area contributed by atoms with Crippen LogP contribution in [-0.2, 0) is 6.54 Å². The molecule has 1 aliphatic carbocycles. The number of pyridine rings is 1. The SMILES string of the molecule is c1cncc(-c2noc(CN3CC[C@H]4CCCC[C@@H]4C3)n2)c1. The average Bonchev–Trinajstić information content (AvgIpc) is 3.04. The molecule has 5 nitrogen and oxygen atoms in total.